The zero-order valence-corrected chi connectivity index (χ0v) is 18.0. The van der Waals surface area contributed by atoms with Crippen LogP contribution in [0.5, 0.6) is 0 Å². The van der Waals surface area contributed by atoms with E-state index in [-0.39, 0.29) is 12.5 Å². The van der Waals surface area contributed by atoms with Crippen LogP contribution in [0.15, 0.2) is 60.7 Å². The van der Waals surface area contributed by atoms with Crippen LogP contribution in [0.2, 0.25) is 0 Å². The zero-order valence-electron chi connectivity index (χ0n) is 18.0. The van der Waals surface area contributed by atoms with Crippen LogP contribution in [0.25, 0.3) is 0 Å². The maximum Gasteiger partial charge on any atom is 0.217 e. The quantitative estimate of drug-likeness (QED) is 0.603. The van der Waals surface area contributed by atoms with Crippen molar-refractivity contribution in [3.05, 3.63) is 71.8 Å². The Morgan fingerprint density at radius 3 is 2.16 bits per heavy atom. The molecular weight excluding hydrogens is 398 g/mol. The highest BCUT2D eigenvalue weighted by molar-refractivity contribution is 5.73. The molecule has 0 unspecified atom stereocenters. The van der Waals surface area contributed by atoms with Gasteiger partial charge in [0, 0.05) is 13.5 Å². The number of carbonyl (C=O) groups is 1. The van der Waals surface area contributed by atoms with Crippen molar-refractivity contribution in [1.82, 2.24) is 5.32 Å². The maximum atomic E-state index is 11.8. The number of ether oxygens (including phenoxy) is 4. The summed E-state index contributed by atoms with van der Waals surface area (Å²) >= 11 is 0. The molecule has 0 saturated carbocycles. The molecule has 1 aliphatic heterocycles. The van der Waals surface area contributed by atoms with Crippen molar-refractivity contribution in [1.29, 1.82) is 0 Å². The predicted molar refractivity (Wildman–Crippen MR) is 115 cm³/mol. The molecular formula is C24H31NO6. The topological polar surface area (TPSA) is 86.3 Å². The van der Waals surface area contributed by atoms with E-state index in [0.717, 1.165) is 11.1 Å². The van der Waals surface area contributed by atoms with E-state index >= 15 is 0 Å². The third-order valence-corrected chi connectivity index (χ3v) is 5.07. The van der Waals surface area contributed by atoms with E-state index in [1.54, 1.807) is 0 Å². The molecule has 1 aliphatic rings. The van der Waals surface area contributed by atoms with E-state index in [1.165, 1.54) is 6.92 Å². The molecule has 1 saturated heterocycles. The summed E-state index contributed by atoms with van der Waals surface area (Å²) in [6.07, 6.45) is -2.93. The summed E-state index contributed by atoms with van der Waals surface area (Å²) in [7, 11) is 0. The second-order valence-electron chi connectivity index (χ2n) is 7.47. The fourth-order valence-corrected chi connectivity index (χ4v) is 3.67. The smallest absolute Gasteiger partial charge is 0.217 e. The van der Waals surface area contributed by atoms with Crippen LogP contribution in [0, 0.1) is 0 Å². The number of amides is 1. The van der Waals surface area contributed by atoms with Gasteiger partial charge in [0.05, 0.1) is 19.8 Å². The molecule has 3 rings (SSSR count). The summed E-state index contributed by atoms with van der Waals surface area (Å²) in [5.74, 6) is -0.282. The third kappa shape index (κ3) is 6.85. The zero-order chi connectivity index (χ0) is 22.1. The summed E-state index contributed by atoms with van der Waals surface area (Å²) in [4.78, 5) is 11.8. The summed E-state index contributed by atoms with van der Waals surface area (Å²) in [6.45, 7) is 4.65. The number of nitrogens with one attached hydrogen (secondary N) is 1. The fraction of sp³-hybridized carbons (Fsp3) is 0.458. The second-order valence-corrected chi connectivity index (χ2v) is 7.47. The Bertz CT molecular complexity index is 787. The largest absolute Gasteiger partial charge is 0.374 e. The van der Waals surface area contributed by atoms with Gasteiger partial charge in [0.25, 0.3) is 0 Å². The average molecular weight is 430 g/mol. The van der Waals surface area contributed by atoms with Crippen molar-refractivity contribution >= 4 is 5.91 Å². The lowest BCUT2D eigenvalue weighted by molar-refractivity contribution is -0.275. The Kier molecular flexibility index (Phi) is 8.99. The minimum absolute atomic E-state index is 0.217. The standard InChI is InChI=1S/C24H31NO6/c1-3-29-22-20(16-28-14-18-10-6-4-7-11-18)31-24(27)21(25-17(2)26)23(22)30-15-19-12-8-5-9-13-19/h4-13,20-24,27H,3,14-16H2,1-2H3,(H,25,26)/t20-,21-,22-,23-,24+/m1/s1. The number of hydrogen-bond acceptors (Lipinski definition) is 6. The number of carbonyl (C=O) groups excluding carboxylic acids is 1. The van der Waals surface area contributed by atoms with Gasteiger partial charge in [-0.15, -0.1) is 0 Å². The van der Waals surface area contributed by atoms with Crippen molar-refractivity contribution in [3.63, 3.8) is 0 Å². The molecule has 0 aromatic heterocycles. The van der Waals surface area contributed by atoms with Crippen LogP contribution in [0.4, 0.5) is 0 Å². The minimum atomic E-state index is -1.24. The molecule has 168 valence electrons. The normalized spacial score (nSPS) is 25.8. The molecule has 2 aromatic rings. The predicted octanol–water partition coefficient (Wildman–Crippen LogP) is 2.42. The van der Waals surface area contributed by atoms with Gasteiger partial charge in [-0.25, -0.2) is 0 Å². The van der Waals surface area contributed by atoms with E-state index < -0.39 is 30.6 Å². The first-order chi connectivity index (χ1) is 15.1. The number of benzene rings is 2. The van der Waals surface area contributed by atoms with Crippen LogP contribution < -0.4 is 5.32 Å². The first kappa shape index (κ1) is 23.4. The summed E-state index contributed by atoms with van der Waals surface area (Å²) in [5, 5.41) is 13.4. The molecule has 1 fully saturated rings. The minimum Gasteiger partial charge on any atom is -0.374 e. The lowest BCUT2D eigenvalue weighted by Gasteiger charge is -2.44. The van der Waals surface area contributed by atoms with Gasteiger partial charge in [-0.2, -0.15) is 0 Å². The monoisotopic (exact) mass is 429 g/mol. The highest BCUT2D eigenvalue weighted by atomic mass is 16.7. The van der Waals surface area contributed by atoms with Crippen LogP contribution >= 0.6 is 0 Å². The second kappa shape index (κ2) is 11.9. The molecule has 5 atom stereocenters. The van der Waals surface area contributed by atoms with Crippen LogP contribution in [0.3, 0.4) is 0 Å². The lowest BCUT2D eigenvalue weighted by atomic mass is 9.96. The highest BCUT2D eigenvalue weighted by Crippen LogP contribution is 2.27. The number of rotatable bonds is 10. The van der Waals surface area contributed by atoms with E-state index in [2.05, 4.69) is 5.32 Å². The molecule has 0 aliphatic carbocycles. The van der Waals surface area contributed by atoms with Crippen LogP contribution in [0.1, 0.15) is 25.0 Å². The number of aliphatic hydroxyl groups excluding tert-OH is 1. The number of hydrogen-bond donors (Lipinski definition) is 2. The van der Waals surface area contributed by atoms with E-state index in [0.29, 0.717) is 19.8 Å². The molecule has 1 amide bonds. The molecule has 31 heavy (non-hydrogen) atoms. The van der Waals surface area contributed by atoms with Gasteiger partial charge in [0.15, 0.2) is 6.29 Å². The molecule has 0 bridgehead atoms. The Balaban J connectivity index is 1.72. The Hall–Kier alpha value is -2.29. The SMILES string of the molecule is CCO[C@H]1[C@H](OCc2ccccc2)[C@@H](NC(C)=O)[C@@H](O)O[C@@H]1COCc1ccccc1. The van der Waals surface area contributed by atoms with Gasteiger partial charge in [-0.3, -0.25) is 4.79 Å². The van der Waals surface area contributed by atoms with Crippen molar-refractivity contribution in [2.45, 2.75) is 57.7 Å². The molecule has 0 radical (unpaired) electrons. The first-order valence-corrected chi connectivity index (χ1v) is 10.6. The highest BCUT2D eigenvalue weighted by Gasteiger charge is 2.47. The van der Waals surface area contributed by atoms with Crippen molar-refractivity contribution in [3.8, 4) is 0 Å². The summed E-state index contributed by atoms with van der Waals surface area (Å²) < 4.78 is 23.8. The molecule has 0 spiro atoms. The molecule has 7 heteroatoms. The van der Waals surface area contributed by atoms with Gasteiger partial charge in [-0.05, 0) is 18.1 Å². The average Bonchev–Trinajstić information content (AvgIpc) is 2.77. The van der Waals surface area contributed by atoms with Crippen LogP contribution in [-0.4, -0.2) is 54.9 Å². The molecule has 1 heterocycles. The molecule has 2 N–H and O–H groups in total. The molecule has 7 nitrogen and oxygen atoms in total. The first-order valence-electron chi connectivity index (χ1n) is 10.6. The third-order valence-electron chi connectivity index (χ3n) is 5.07. The van der Waals surface area contributed by atoms with E-state index in [1.807, 2.05) is 67.6 Å². The Labute approximate surface area is 183 Å². The van der Waals surface area contributed by atoms with E-state index in [9.17, 15) is 9.90 Å². The van der Waals surface area contributed by atoms with Gasteiger partial charge in [-0.1, -0.05) is 60.7 Å². The molecule has 2 aromatic carbocycles. The van der Waals surface area contributed by atoms with Gasteiger partial charge >= 0.3 is 0 Å². The van der Waals surface area contributed by atoms with E-state index in [4.69, 9.17) is 18.9 Å². The summed E-state index contributed by atoms with van der Waals surface area (Å²) in [6, 6.07) is 18.8. The van der Waals surface area contributed by atoms with Crippen molar-refractivity contribution < 1.29 is 28.8 Å². The van der Waals surface area contributed by atoms with Crippen molar-refractivity contribution in [2.75, 3.05) is 13.2 Å². The number of aliphatic hydroxyl groups is 1. The summed E-state index contributed by atoms with van der Waals surface area (Å²) in [5.41, 5.74) is 2.03. The van der Waals surface area contributed by atoms with Crippen LogP contribution in [-0.2, 0) is 37.0 Å². The maximum absolute atomic E-state index is 11.8. The Morgan fingerprint density at radius 2 is 1.58 bits per heavy atom. The fourth-order valence-electron chi connectivity index (χ4n) is 3.67. The Morgan fingerprint density at radius 1 is 0.968 bits per heavy atom. The van der Waals surface area contributed by atoms with Gasteiger partial charge in [0.2, 0.25) is 5.91 Å². The van der Waals surface area contributed by atoms with Gasteiger partial charge < -0.3 is 29.4 Å². The lowest BCUT2D eigenvalue weighted by Crippen LogP contribution is -2.65. The van der Waals surface area contributed by atoms with Crippen molar-refractivity contribution in [2.24, 2.45) is 0 Å². The van der Waals surface area contributed by atoms with Gasteiger partial charge in [0.1, 0.15) is 24.4 Å².